The van der Waals surface area contributed by atoms with Gasteiger partial charge in [-0.05, 0) is 38.2 Å². The number of nitrogens with zero attached hydrogens (tertiary/aromatic N) is 3. The van der Waals surface area contributed by atoms with E-state index >= 15 is 0 Å². The number of hydrogen-bond donors (Lipinski definition) is 0. The zero-order valence-electron chi connectivity index (χ0n) is 15.3. The maximum Gasteiger partial charge on any atom is 0.265 e. The van der Waals surface area contributed by atoms with Gasteiger partial charge < -0.3 is 0 Å². The lowest BCUT2D eigenvalue weighted by Crippen LogP contribution is -2.55. The van der Waals surface area contributed by atoms with Crippen LogP contribution in [0, 0.1) is 0 Å². The third-order valence-corrected chi connectivity index (χ3v) is 7.06. The summed E-state index contributed by atoms with van der Waals surface area (Å²) in [6.45, 7) is 4.56. The summed E-state index contributed by atoms with van der Waals surface area (Å²) in [6, 6.07) is 12.0. The van der Waals surface area contributed by atoms with Crippen LogP contribution in [0.5, 0.6) is 0 Å². The summed E-state index contributed by atoms with van der Waals surface area (Å²) in [5.41, 5.74) is 1.23. The number of fused-ring (bicyclic) bond motifs is 1. The van der Waals surface area contributed by atoms with Crippen LogP contribution in [0.1, 0.15) is 18.7 Å². The predicted molar refractivity (Wildman–Crippen MR) is 118 cm³/mol. The lowest BCUT2D eigenvalue weighted by Gasteiger charge is -2.35. The topological polar surface area (TPSA) is 53.5 Å². The normalized spacial score (nSPS) is 15.1. The molecule has 0 radical (unpaired) electrons. The van der Waals surface area contributed by atoms with Crippen molar-refractivity contribution in [1.29, 1.82) is 0 Å². The maximum atomic E-state index is 12.8. The van der Waals surface area contributed by atoms with Crippen molar-refractivity contribution in [2.24, 2.45) is 0 Å². The number of benzene rings is 1. The minimum atomic E-state index is -0.336. The highest BCUT2D eigenvalue weighted by Gasteiger charge is 2.37. The predicted octanol–water partition coefficient (Wildman–Crippen LogP) is 4.40. The molecular formula is C20H17N3O2S3. The van der Waals surface area contributed by atoms with Crippen molar-refractivity contribution >= 4 is 67.4 Å². The van der Waals surface area contributed by atoms with E-state index in [9.17, 15) is 9.59 Å². The molecule has 4 rings (SSSR count). The van der Waals surface area contributed by atoms with Crippen LogP contribution >= 0.6 is 34.9 Å². The number of carbonyl (C=O) groups excluding carboxylic acids is 2. The number of thiophene rings is 1. The molecule has 5 nitrogen and oxygen atoms in total. The van der Waals surface area contributed by atoms with Crippen molar-refractivity contribution in [1.82, 2.24) is 14.8 Å². The average Bonchev–Trinajstić information content (AvgIpc) is 3.25. The van der Waals surface area contributed by atoms with E-state index in [4.69, 9.17) is 17.2 Å². The van der Waals surface area contributed by atoms with Gasteiger partial charge in [0, 0.05) is 23.5 Å². The number of thiocarbonyl (C=S) groups is 1. The highest BCUT2D eigenvalue weighted by Crippen LogP contribution is 2.36. The molecule has 28 heavy (non-hydrogen) atoms. The number of likely N-dealkylation sites (N-methyl/N-ethyl adjacent to an activating group) is 2. The molecule has 3 heterocycles. The molecule has 1 saturated heterocycles. The molecular weight excluding hydrogens is 410 g/mol. The molecule has 0 N–H and O–H groups in total. The molecule has 0 spiro atoms. The number of amides is 2. The highest BCUT2D eigenvalue weighted by molar-refractivity contribution is 7.80. The highest BCUT2D eigenvalue weighted by atomic mass is 32.1. The van der Waals surface area contributed by atoms with Crippen LogP contribution in [0.2, 0.25) is 0 Å². The first kappa shape index (κ1) is 18.9. The van der Waals surface area contributed by atoms with Gasteiger partial charge in [-0.15, -0.1) is 22.7 Å². The van der Waals surface area contributed by atoms with Gasteiger partial charge in [-0.25, -0.2) is 4.98 Å². The van der Waals surface area contributed by atoms with Gasteiger partial charge >= 0.3 is 0 Å². The summed E-state index contributed by atoms with van der Waals surface area (Å²) in [6.07, 6.45) is 1.67. The number of rotatable bonds is 4. The third kappa shape index (κ3) is 3.17. The third-order valence-electron chi connectivity index (χ3n) is 4.46. The van der Waals surface area contributed by atoms with Crippen molar-refractivity contribution < 1.29 is 9.59 Å². The first-order valence-electron chi connectivity index (χ1n) is 8.88. The van der Waals surface area contributed by atoms with Gasteiger partial charge in [0.25, 0.3) is 11.8 Å². The molecule has 1 aliphatic heterocycles. The molecule has 142 valence electrons. The van der Waals surface area contributed by atoms with Crippen molar-refractivity contribution in [3.8, 4) is 10.6 Å². The molecule has 1 aliphatic rings. The smallest absolute Gasteiger partial charge is 0.265 e. The summed E-state index contributed by atoms with van der Waals surface area (Å²) in [7, 11) is 0. The Morgan fingerprint density at radius 1 is 1.04 bits per heavy atom. The van der Waals surface area contributed by atoms with Crippen LogP contribution in [0.3, 0.4) is 0 Å². The van der Waals surface area contributed by atoms with Crippen molar-refractivity contribution in [2.75, 3.05) is 13.1 Å². The summed E-state index contributed by atoms with van der Waals surface area (Å²) < 4.78 is 1.04. The second kappa shape index (κ2) is 7.54. The summed E-state index contributed by atoms with van der Waals surface area (Å²) in [5, 5.41) is 1.24. The number of aromatic nitrogens is 1. The fourth-order valence-electron chi connectivity index (χ4n) is 3.05. The minimum absolute atomic E-state index is 0.148. The van der Waals surface area contributed by atoms with Gasteiger partial charge in [0.15, 0.2) is 5.11 Å². The van der Waals surface area contributed by atoms with E-state index in [-0.39, 0.29) is 22.5 Å². The fourth-order valence-corrected chi connectivity index (χ4v) is 5.65. The Bertz CT molecular complexity index is 1050. The SMILES string of the molecule is CCN1C(=O)C(=Cc2cc3sc(-c4ccccc4)nc3s2)C(=O)N(CC)C1=S. The van der Waals surface area contributed by atoms with E-state index in [1.165, 1.54) is 21.1 Å². The van der Waals surface area contributed by atoms with Crippen LogP contribution in [-0.2, 0) is 9.59 Å². The van der Waals surface area contributed by atoms with E-state index in [0.717, 1.165) is 25.0 Å². The number of carbonyl (C=O) groups is 2. The maximum absolute atomic E-state index is 12.8. The van der Waals surface area contributed by atoms with Gasteiger partial charge in [0.05, 0.1) is 4.70 Å². The molecule has 1 fully saturated rings. The quantitative estimate of drug-likeness (QED) is 0.352. The lowest BCUT2D eigenvalue weighted by molar-refractivity contribution is -0.133. The average molecular weight is 428 g/mol. The van der Waals surface area contributed by atoms with Crippen molar-refractivity contribution in [3.63, 3.8) is 0 Å². The molecule has 3 aromatic rings. The Hall–Kier alpha value is -2.42. The Morgan fingerprint density at radius 2 is 1.68 bits per heavy atom. The molecule has 1 aromatic carbocycles. The Balaban J connectivity index is 1.70. The zero-order valence-corrected chi connectivity index (χ0v) is 17.8. The van der Waals surface area contributed by atoms with Crippen LogP contribution in [-0.4, -0.2) is 44.8 Å². The monoisotopic (exact) mass is 427 g/mol. The summed E-state index contributed by atoms with van der Waals surface area (Å²) >= 11 is 8.38. The largest absolute Gasteiger partial charge is 0.285 e. The van der Waals surface area contributed by atoms with E-state index in [0.29, 0.717) is 13.1 Å². The first-order chi connectivity index (χ1) is 13.5. The molecule has 0 unspecified atom stereocenters. The molecule has 0 atom stereocenters. The van der Waals surface area contributed by atoms with Crippen LogP contribution in [0.4, 0.5) is 0 Å². The number of thiazole rings is 1. The van der Waals surface area contributed by atoms with E-state index in [2.05, 4.69) is 0 Å². The van der Waals surface area contributed by atoms with E-state index < -0.39 is 0 Å². The van der Waals surface area contributed by atoms with Gasteiger partial charge in [-0.3, -0.25) is 19.4 Å². The second-order valence-electron chi connectivity index (χ2n) is 6.14. The van der Waals surface area contributed by atoms with Gasteiger partial charge in [-0.2, -0.15) is 0 Å². The van der Waals surface area contributed by atoms with Crippen LogP contribution < -0.4 is 0 Å². The Kier molecular flexibility index (Phi) is 5.09. The van der Waals surface area contributed by atoms with Gasteiger partial charge in [0.1, 0.15) is 15.4 Å². The van der Waals surface area contributed by atoms with E-state index in [1.807, 2.05) is 50.2 Å². The van der Waals surface area contributed by atoms with Crippen LogP contribution in [0.25, 0.3) is 26.2 Å². The van der Waals surface area contributed by atoms with E-state index in [1.54, 1.807) is 17.4 Å². The molecule has 0 aliphatic carbocycles. The van der Waals surface area contributed by atoms with Crippen molar-refractivity contribution in [2.45, 2.75) is 13.8 Å². The van der Waals surface area contributed by atoms with Gasteiger partial charge in [-0.1, -0.05) is 30.3 Å². The summed E-state index contributed by atoms with van der Waals surface area (Å²) in [5.74, 6) is -0.672. The van der Waals surface area contributed by atoms with Crippen LogP contribution in [0.15, 0.2) is 42.0 Å². The first-order valence-corrected chi connectivity index (χ1v) is 10.9. The Morgan fingerprint density at radius 3 is 2.25 bits per heavy atom. The number of hydrogen-bond acceptors (Lipinski definition) is 6. The molecule has 0 saturated carbocycles. The van der Waals surface area contributed by atoms with Crippen molar-refractivity contribution in [3.05, 3.63) is 46.8 Å². The molecule has 8 heteroatoms. The lowest BCUT2D eigenvalue weighted by atomic mass is 10.1. The fraction of sp³-hybridized carbons (Fsp3) is 0.200. The molecule has 2 amide bonds. The standard InChI is InChI=1S/C20H17N3O2S3/c1-3-22-18(24)14(19(25)23(4-2)20(22)26)10-13-11-15-17(27-13)21-16(28-15)12-8-6-5-7-9-12/h5-11H,3-4H2,1-2H3. The second-order valence-corrected chi connectivity index (χ2v) is 8.60. The Labute approximate surface area is 175 Å². The molecule has 0 bridgehead atoms. The van der Waals surface area contributed by atoms with Gasteiger partial charge in [0.2, 0.25) is 0 Å². The minimum Gasteiger partial charge on any atom is -0.285 e. The zero-order chi connectivity index (χ0) is 19.8. The molecule has 2 aromatic heterocycles. The summed E-state index contributed by atoms with van der Waals surface area (Å²) in [4.78, 5) is 34.9.